The number of carbonyl (C=O) groups excluding carboxylic acids is 1. The van der Waals surface area contributed by atoms with Crippen LogP contribution in [-0.4, -0.2) is 55.5 Å². The van der Waals surface area contributed by atoms with Gasteiger partial charge in [0.1, 0.15) is 5.75 Å². The van der Waals surface area contributed by atoms with Gasteiger partial charge in [0, 0.05) is 38.3 Å². The van der Waals surface area contributed by atoms with Gasteiger partial charge in [0.2, 0.25) is 0 Å². The predicted molar refractivity (Wildman–Crippen MR) is 100 cm³/mol. The summed E-state index contributed by atoms with van der Waals surface area (Å²) >= 11 is 0. The van der Waals surface area contributed by atoms with E-state index in [0.29, 0.717) is 0 Å². The summed E-state index contributed by atoms with van der Waals surface area (Å²) in [4.78, 5) is 17.0. The molecule has 0 spiro atoms. The largest absolute Gasteiger partial charge is 0.497 e. The molecule has 0 atom stereocenters. The summed E-state index contributed by atoms with van der Waals surface area (Å²) in [5.41, 5.74) is 3.21. The summed E-state index contributed by atoms with van der Waals surface area (Å²) in [5.74, 6) is 1.06. The van der Waals surface area contributed by atoms with Gasteiger partial charge in [-0.05, 0) is 43.2 Å². The van der Waals surface area contributed by atoms with Crippen LogP contribution in [0.3, 0.4) is 0 Å². The highest BCUT2D eigenvalue weighted by Gasteiger charge is 2.21. The van der Waals surface area contributed by atoms with E-state index in [0.717, 1.165) is 56.0 Å². The Labute approximate surface area is 150 Å². The minimum Gasteiger partial charge on any atom is -0.497 e. The lowest BCUT2D eigenvalue weighted by atomic mass is 10.1. The normalized spacial score (nSPS) is 15.2. The highest BCUT2D eigenvalue weighted by Crippen LogP contribution is 2.14. The molecular weight excluding hydrogens is 312 g/mol. The number of ether oxygens (including phenoxy) is 1. The summed E-state index contributed by atoms with van der Waals surface area (Å²) in [6.07, 6.45) is 1.00. The Balaban J connectivity index is 1.49. The van der Waals surface area contributed by atoms with Crippen LogP contribution in [0.4, 0.5) is 0 Å². The van der Waals surface area contributed by atoms with E-state index < -0.39 is 0 Å². The van der Waals surface area contributed by atoms with E-state index in [1.165, 1.54) is 5.56 Å². The Bertz CT molecular complexity index is 721. The minimum atomic E-state index is 0.149. The fraction of sp³-hybridized carbons (Fsp3) is 0.381. The quantitative estimate of drug-likeness (QED) is 0.840. The topological polar surface area (TPSA) is 32.8 Å². The van der Waals surface area contributed by atoms with Gasteiger partial charge in [-0.1, -0.05) is 29.8 Å². The lowest BCUT2D eigenvalue weighted by Crippen LogP contribution is -2.49. The third-order valence-corrected chi connectivity index (χ3v) is 4.78. The van der Waals surface area contributed by atoms with Crippen molar-refractivity contribution in [3.05, 3.63) is 65.2 Å². The van der Waals surface area contributed by atoms with Gasteiger partial charge in [0.15, 0.2) is 0 Å². The number of piperazine rings is 1. The summed E-state index contributed by atoms with van der Waals surface area (Å²) < 4.78 is 5.28. The average Bonchev–Trinajstić information content (AvgIpc) is 2.66. The molecule has 3 rings (SSSR count). The predicted octanol–water partition coefficient (Wildman–Crippen LogP) is 3.00. The molecule has 0 aromatic heterocycles. The Morgan fingerprint density at radius 2 is 1.80 bits per heavy atom. The Hall–Kier alpha value is -2.33. The van der Waals surface area contributed by atoms with Crippen LogP contribution in [0.25, 0.3) is 0 Å². The van der Waals surface area contributed by atoms with Crippen LogP contribution < -0.4 is 4.74 Å². The van der Waals surface area contributed by atoms with Crippen LogP contribution in [0, 0.1) is 6.92 Å². The molecule has 1 aliphatic rings. The third kappa shape index (κ3) is 4.60. The first-order valence-electron chi connectivity index (χ1n) is 8.87. The van der Waals surface area contributed by atoms with Crippen LogP contribution in [-0.2, 0) is 6.42 Å². The van der Waals surface area contributed by atoms with E-state index in [1.807, 2.05) is 48.2 Å². The molecule has 2 aromatic carbocycles. The molecule has 0 saturated carbocycles. The maximum absolute atomic E-state index is 12.6. The van der Waals surface area contributed by atoms with Crippen molar-refractivity contribution in [3.63, 3.8) is 0 Å². The number of carbonyl (C=O) groups is 1. The van der Waals surface area contributed by atoms with Gasteiger partial charge in [0.25, 0.3) is 5.91 Å². The molecule has 1 heterocycles. The van der Waals surface area contributed by atoms with E-state index in [1.54, 1.807) is 7.11 Å². The van der Waals surface area contributed by atoms with Crippen molar-refractivity contribution in [2.45, 2.75) is 13.3 Å². The number of benzene rings is 2. The second kappa shape index (κ2) is 8.17. The molecule has 4 heteroatoms. The molecule has 1 aliphatic heterocycles. The first-order valence-corrected chi connectivity index (χ1v) is 8.87. The van der Waals surface area contributed by atoms with Crippen molar-refractivity contribution in [2.75, 3.05) is 39.8 Å². The van der Waals surface area contributed by atoms with Gasteiger partial charge in [-0.3, -0.25) is 9.69 Å². The van der Waals surface area contributed by atoms with Crippen LogP contribution in [0.5, 0.6) is 5.75 Å². The van der Waals surface area contributed by atoms with Crippen molar-refractivity contribution >= 4 is 5.91 Å². The third-order valence-electron chi connectivity index (χ3n) is 4.78. The van der Waals surface area contributed by atoms with E-state index in [-0.39, 0.29) is 5.91 Å². The van der Waals surface area contributed by atoms with Crippen molar-refractivity contribution in [1.82, 2.24) is 9.80 Å². The fourth-order valence-corrected chi connectivity index (χ4v) is 3.25. The van der Waals surface area contributed by atoms with Crippen LogP contribution in [0.2, 0.25) is 0 Å². The highest BCUT2D eigenvalue weighted by atomic mass is 16.5. The molecule has 2 aromatic rings. The first kappa shape index (κ1) is 17.5. The number of hydrogen-bond donors (Lipinski definition) is 0. The number of nitrogens with zero attached hydrogens (tertiary/aromatic N) is 2. The second-order valence-corrected chi connectivity index (χ2v) is 6.60. The van der Waals surface area contributed by atoms with Crippen LogP contribution in [0.1, 0.15) is 21.5 Å². The molecule has 1 fully saturated rings. The maximum atomic E-state index is 12.6. The molecule has 0 aliphatic carbocycles. The Kier molecular flexibility index (Phi) is 5.71. The van der Waals surface area contributed by atoms with E-state index >= 15 is 0 Å². The summed E-state index contributed by atoms with van der Waals surface area (Å²) in [6, 6.07) is 16.1. The van der Waals surface area contributed by atoms with Gasteiger partial charge < -0.3 is 9.64 Å². The Morgan fingerprint density at radius 3 is 2.52 bits per heavy atom. The minimum absolute atomic E-state index is 0.149. The molecule has 1 amide bonds. The monoisotopic (exact) mass is 338 g/mol. The van der Waals surface area contributed by atoms with Crippen LogP contribution >= 0.6 is 0 Å². The first-order chi connectivity index (χ1) is 12.2. The molecule has 0 unspecified atom stereocenters. The number of aryl methyl sites for hydroxylation is 1. The molecule has 132 valence electrons. The highest BCUT2D eigenvalue weighted by molar-refractivity contribution is 5.94. The molecule has 4 nitrogen and oxygen atoms in total. The zero-order chi connectivity index (χ0) is 17.6. The molecule has 0 bridgehead atoms. The average molecular weight is 338 g/mol. The van der Waals surface area contributed by atoms with Gasteiger partial charge in [-0.15, -0.1) is 0 Å². The summed E-state index contributed by atoms with van der Waals surface area (Å²) in [6.45, 7) is 6.49. The molecular formula is C21H26N2O2. The van der Waals surface area contributed by atoms with E-state index in [4.69, 9.17) is 4.74 Å². The molecule has 0 N–H and O–H groups in total. The molecule has 0 radical (unpaired) electrons. The van der Waals surface area contributed by atoms with Crippen LogP contribution in [0.15, 0.2) is 48.5 Å². The number of methoxy groups -OCH3 is 1. The molecule has 25 heavy (non-hydrogen) atoms. The fourth-order valence-electron chi connectivity index (χ4n) is 3.25. The van der Waals surface area contributed by atoms with E-state index in [2.05, 4.69) is 17.0 Å². The van der Waals surface area contributed by atoms with Gasteiger partial charge in [0.05, 0.1) is 7.11 Å². The smallest absolute Gasteiger partial charge is 0.253 e. The lowest BCUT2D eigenvalue weighted by Gasteiger charge is -2.34. The van der Waals surface area contributed by atoms with Gasteiger partial charge in [-0.25, -0.2) is 0 Å². The Morgan fingerprint density at radius 1 is 1.04 bits per heavy atom. The zero-order valence-electron chi connectivity index (χ0n) is 15.1. The molecule has 1 saturated heterocycles. The van der Waals surface area contributed by atoms with Gasteiger partial charge >= 0.3 is 0 Å². The maximum Gasteiger partial charge on any atom is 0.253 e. The SMILES string of the molecule is COc1cccc(CCN2CCN(C(=O)c3cccc(C)c3)CC2)c1. The van der Waals surface area contributed by atoms with Crippen molar-refractivity contribution in [1.29, 1.82) is 0 Å². The van der Waals surface area contributed by atoms with Crippen molar-refractivity contribution < 1.29 is 9.53 Å². The van der Waals surface area contributed by atoms with Crippen molar-refractivity contribution in [3.8, 4) is 5.75 Å². The summed E-state index contributed by atoms with van der Waals surface area (Å²) in [7, 11) is 1.70. The number of rotatable bonds is 5. The van der Waals surface area contributed by atoms with Gasteiger partial charge in [-0.2, -0.15) is 0 Å². The zero-order valence-corrected chi connectivity index (χ0v) is 15.1. The summed E-state index contributed by atoms with van der Waals surface area (Å²) in [5, 5.41) is 0. The number of amides is 1. The van der Waals surface area contributed by atoms with E-state index in [9.17, 15) is 4.79 Å². The standard InChI is InChI=1S/C21H26N2O2/c1-17-5-3-7-19(15-17)21(24)23-13-11-22(12-14-23)10-9-18-6-4-8-20(16-18)25-2/h3-8,15-16H,9-14H2,1-2H3. The lowest BCUT2D eigenvalue weighted by molar-refractivity contribution is 0.0638. The second-order valence-electron chi connectivity index (χ2n) is 6.60. The van der Waals surface area contributed by atoms with Crippen molar-refractivity contribution in [2.24, 2.45) is 0 Å². The number of hydrogen-bond acceptors (Lipinski definition) is 3.